The molecule has 17 atom stereocenters. The van der Waals surface area contributed by atoms with Gasteiger partial charge in [-0.1, -0.05) is 227 Å². The van der Waals surface area contributed by atoms with Crippen LogP contribution in [0.1, 0.15) is 232 Å². The molecular weight excluding hydrogens is 1170 g/mol. The third-order valence-corrected chi connectivity index (χ3v) is 17.2. The number of carbonyl (C=O) groups excluding carboxylic acids is 1. The molecule has 3 rings (SSSR count). The summed E-state index contributed by atoms with van der Waals surface area (Å²) in [5.74, 6) is -0.291. The Labute approximate surface area is 546 Å². The fourth-order valence-electron chi connectivity index (χ4n) is 11.4. The van der Waals surface area contributed by atoms with Crippen molar-refractivity contribution in [3.8, 4) is 0 Å². The van der Waals surface area contributed by atoms with Crippen molar-refractivity contribution in [2.24, 2.45) is 0 Å². The minimum atomic E-state index is -1.98. The summed E-state index contributed by atoms with van der Waals surface area (Å²) in [6.07, 6.45) is 41.3. The van der Waals surface area contributed by atoms with Gasteiger partial charge in [-0.05, 0) is 83.5 Å². The van der Waals surface area contributed by atoms with Crippen LogP contribution in [0.15, 0.2) is 85.1 Å². The Kier molecular flexibility index (Phi) is 48.0. The van der Waals surface area contributed by atoms with Crippen LogP contribution in [-0.4, -0.2) is 193 Å². The minimum absolute atomic E-state index is 0.229. The Morgan fingerprint density at radius 1 is 0.407 bits per heavy atom. The topological polar surface area (TPSA) is 307 Å². The van der Waals surface area contributed by atoms with E-state index in [1.807, 2.05) is 6.08 Å². The Morgan fingerprint density at radius 3 is 1.23 bits per heavy atom. The molecule has 0 spiro atoms. The molecule has 3 aliphatic heterocycles. The molecule has 1 amide bonds. The first-order chi connectivity index (χ1) is 44.3. The normalized spacial score (nSPS) is 28.4. The van der Waals surface area contributed by atoms with Crippen LogP contribution >= 0.6 is 0 Å². The molecule has 0 aliphatic carbocycles. The molecule has 0 bridgehead atoms. The van der Waals surface area contributed by atoms with Crippen LogP contribution in [0.25, 0.3) is 0 Å². The van der Waals surface area contributed by atoms with Gasteiger partial charge in [-0.25, -0.2) is 0 Å². The van der Waals surface area contributed by atoms with E-state index in [2.05, 4.69) is 92.1 Å². The molecule has 0 aromatic rings. The molecule has 12 N–H and O–H groups in total. The van der Waals surface area contributed by atoms with E-state index < -0.39 is 124 Å². The second-order valence-electron chi connectivity index (χ2n) is 24.9. The lowest BCUT2D eigenvalue weighted by atomic mass is 9.96. The zero-order chi connectivity index (χ0) is 66.1. The van der Waals surface area contributed by atoms with Crippen molar-refractivity contribution < 1.29 is 89.4 Å². The Bertz CT molecular complexity index is 1980. The van der Waals surface area contributed by atoms with Crippen LogP contribution < -0.4 is 5.32 Å². The highest BCUT2D eigenvalue weighted by molar-refractivity contribution is 5.76. The quantitative estimate of drug-likeness (QED) is 0.0199. The van der Waals surface area contributed by atoms with Gasteiger partial charge < -0.3 is 89.9 Å². The van der Waals surface area contributed by atoms with Gasteiger partial charge >= 0.3 is 0 Å². The van der Waals surface area contributed by atoms with Gasteiger partial charge in [-0.3, -0.25) is 4.79 Å². The standard InChI is InChI=1S/C72H125NO18/c1-3-5-7-9-11-13-15-17-19-21-22-23-24-25-26-27-28-29-30-31-32-34-36-38-40-42-44-46-48-50-60(78)73-55(56(77)49-47-45-43-41-39-37-35-33-20-18-16-14-12-10-8-6-4-2)54-86-70-66(84)63(81)68(58(52-75)88-70)91-72-67(85)64(82)69(59(53-76)89-72)90-71-65(83)62(80)61(79)57(51-74)87-71/h5,7,11,13,17,19-20,22-23,33,39,41,47,49,55-59,61-72,74-77,79-85H,3-4,6,8-10,12,14-16,18,21,24-32,34-38,40,42-46,48,50-54H2,1-2H3,(H,73,78)/b7-5-,13-11-,19-17-,23-22-,33-20+,41-39+,49-47+. The molecule has 526 valence electrons. The van der Waals surface area contributed by atoms with Crippen molar-refractivity contribution in [2.75, 3.05) is 26.4 Å². The molecule has 0 saturated carbocycles. The Hall–Kier alpha value is -3.03. The molecule has 91 heavy (non-hydrogen) atoms. The Balaban J connectivity index is 1.41. The van der Waals surface area contributed by atoms with Gasteiger partial charge in [0.15, 0.2) is 18.9 Å². The van der Waals surface area contributed by atoms with E-state index in [1.54, 1.807) is 6.08 Å². The molecule has 3 saturated heterocycles. The van der Waals surface area contributed by atoms with Gasteiger partial charge in [-0.15, -0.1) is 0 Å². The lowest BCUT2D eigenvalue weighted by Crippen LogP contribution is -2.66. The first kappa shape index (κ1) is 82.2. The van der Waals surface area contributed by atoms with Crippen molar-refractivity contribution in [3.05, 3.63) is 85.1 Å². The van der Waals surface area contributed by atoms with E-state index in [4.69, 9.17) is 28.4 Å². The van der Waals surface area contributed by atoms with Crippen LogP contribution in [0.4, 0.5) is 0 Å². The highest BCUT2D eigenvalue weighted by atomic mass is 16.8. The van der Waals surface area contributed by atoms with Crippen LogP contribution in [0.2, 0.25) is 0 Å². The van der Waals surface area contributed by atoms with Gasteiger partial charge in [0, 0.05) is 6.42 Å². The zero-order valence-corrected chi connectivity index (χ0v) is 55.5. The molecule has 0 aromatic heterocycles. The van der Waals surface area contributed by atoms with Gasteiger partial charge in [0.05, 0.1) is 38.6 Å². The predicted octanol–water partition coefficient (Wildman–Crippen LogP) is 9.49. The van der Waals surface area contributed by atoms with Crippen LogP contribution in [-0.2, 0) is 33.2 Å². The summed E-state index contributed by atoms with van der Waals surface area (Å²) < 4.78 is 34.3. The smallest absolute Gasteiger partial charge is 0.220 e. The first-order valence-electron chi connectivity index (χ1n) is 35.3. The predicted molar refractivity (Wildman–Crippen MR) is 355 cm³/mol. The first-order valence-corrected chi connectivity index (χ1v) is 35.3. The van der Waals surface area contributed by atoms with Crippen LogP contribution in [0, 0.1) is 0 Å². The summed E-state index contributed by atoms with van der Waals surface area (Å²) in [6.45, 7) is 1.58. The minimum Gasteiger partial charge on any atom is -0.394 e. The monoisotopic (exact) mass is 1290 g/mol. The van der Waals surface area contributed by atoms with Crippen molar-refractivity contribution in [1.29, 1.82) is 0 Å². The number of nitrogens with one attached hydrogen (secondary N) is 1. The maximum absolute atomic E-state index is 13.4. The zero-order valence-electron chi connectivity index (χ0n) is 55.5. The van der Waals surface area contributed by atoms with E-state index in [0.29, 0.717) is 12.8 Å². The molecule has 0 aromatic carbocycles. The number of rotatable bonds is 53. The second-order valence-corrected chi connectivity index (χ2v) is 24.9. The van der Waals surface area contributed by atoms with Gasteiger partial charge in [0.2, 0.25) is 5.91 Å². The van der Waals surface area contributed by atoms with Gasteiger partial charge in [0.1, 0.15) is 73.2 Å². The lowest BCUT2D eigenvalue weighted by molar-refractivity contribution is -0.379. The fraction of sp³-hybridized carbons (Fsp3) is 0.792. The van der Waals surface area contributed by atoms with E-state index in [9.17, 15) is 61.0 Å². The van der Waals surface area contributed by atoms with E-state index >= 15 is 0 Å². The number of amides is 1. The summed E-state index contributed by atoms with van der Waals surface area (Å²) in [5.41, 5.74) is 0. The number of hydrogen-bond acceptors (Lipinski definition) is 18. The number of unbranched alkanes of at least 4 members (excludes halogenated alkanes) is 25. The van der Waals surface area contributed by atoms with Crippen molar-refractivity contribution >= 4 is 5.91 Å². The van der Waals surface area contributed by atoms with Crippen LogP contribution in [0.5, 0.6) is 0 Å². The van der Waals surface area contributed by atoms with E-state index in [1.165, 1.54) is 128 Å². The van der Waals surface area contributed by atoms with Crippen molar-refractivity contribution in [2.45, 2.75) is 336 Å². The van der Waals surface area contributed by atoms with Crippen LogP contribution in [0.3, 0.4) is 0 Å². The number of aliphatic hydroxyl groups is 11. The third kappa shape index (κ3) is 35.0. The lowest BCUT2D eigenvalue weighted by Gasteiger charge is -2.48. The van der Waals surface area contributed by atoms with E-state index in [0.717, 1.165) is 70.6 Å². The third-order valence-electron chi connectivity index (χ3n) is 17.2. The van der Waals surface area contributed by atoms with Crippen molar-refractivity contribution in [1.82, 2.24) is 5.32 Å². The Morgan fingerprint density at radius 2 is 0.769 bits per heavy atom. The number of ether oxygens (including phenoxy) is 6. The molecule has 3 aliphatic rings. The highest BCUT2D eigenvalue weighted by Crippen LogP contribution is 2.33. The molecule has 19 heteroatoms. The largest absolute Gasteiger partial charge is 0.394 e. The summed E-state index contributed by atoms with van der Waals surface area (Å²) in [7, 11) is 0. The molecular formula is C72H125NO18. The van der Waals surface area contributed by atoms with Gasteiger partial charge in [0.25, 0.3) is 0 Å². The summed E-state index contributed by atoms with van der Waals surface area (Å²) >= 11 is 0. The highest BCUT2D eigenvalue weighted by Gasteiger charge is 2.53. The number of allylic oxidation sites excluding steroid dienone is 13. The average molecular weight is 1290 g/mol. The van der Waals surface area contributed by atoms with Gasteiger partial charge in [-0.2, -0.15) is 0 Å². The summed E-state index contributed by atoms with van der Waals surface area (Å²) in [4.78, 5) is 13.4. The number of hydrogen-bond donors (Lipinski definition) is 12. The van der Waals surface area contributed by atoms with Crippen molar-refractivity contribution in [3.63, 3.8) is 0 Å². The maximum Gasteiger partial charge on any atom is 0.220 e. The average Bonchev–Trinajstić information content (AvgIpc) is 0.884. The number of aliphatic hydroxyl groups excluding tert-OH is 11. The maximum atomic E-state index is 13.4. The van der Waals surface area contributed by atoms with E-state index in [-0.39, 0.29) is 18.9 Å². The molecule has 3 fully saturated rings. The molecule has 17 unspecified atom stereocenters. The SMILES string of the molecule is CC/C=C\C/C=C\C/C=C\C/C=C\CCCCCCCCCCCCCCCCCCC(=O)NC(COC1OC(CO)C(OC2OC(CO)C(OC3OC(CO)C(O)C(O)C3O)C(O)C2O)C(O)C1O)C(O)/C=C/CC/C=C/CC/C=C/CCCCCCCCC. The summed E-state index contributed by atoms with van der Waals surface area (Å²) in [5, 5.41) is 120. The molecule has 3 heterocycles. The number of carbonyl (C=O) groups is 1. The summed E-state index contributed by atoms with van der Waals surface area (Å²) in [6, 6.07) is -1.00. The molecule has 0 radical (unpaired) electrons. The second kappa shape index (κ2) is 53.2. The molecule has 19 nitrogen and oxygen atoms in total. The fourth-order valence-corrected chi connectivity index (χ4v) is 11.4.